The molecule has 3 rings (SSSR count). The van der Waals surface area contributed by atoms with Crippen LogP contribution in [-0.2, 0) is 0 Å². The quantitative estimate of drug-likeness (QED) is 0.740. The molecule has 0 atom stereocenters. The Bertz CT molecular complexity index is 919. The molecule has 22 heavy (non-hydrogen) atoms. The summed E-state index contributed by atoms with van der Waals surface area (Å²) in [6.45, 7) is 0. The zero-order valence-corrected chi connectivity index (χ0v) is 11.8. The van der Waals surface area contributed by atoms with E-state index < -0.39 is 11.6 Å². The van der Waals surface area contributed by atoms with Gasteiger partial charge in [0, 0.05) is 28.4 Å². The van der Waals surface area contributed by atoms with Crippen molar-refractivity contribution in [3.8, 4) is 6.07 Å². The zero-order chi connectivity index (χ0) is 15.7. The number of rotatable bonds is 2. The Balaban J connectivity index is 2.17. The zero-order valence-electron chi connectivity index (χ0n) is 11.1. The fraction of sp³-hybridized carbons (Fsp3) is 0. The van der Waals surface area contributed by atoms with Gasteiger partial charge >= 0.3 is 0 Å². The number of pyridine rings is 1. The minimum atomic E-state index is -0.972. The van der Waals surface area contributed by atoms with E-state index in [1.807, 2.05) is 6.07 Å². The molecule has 0 fully saturated rings. The lowest BCUT2D eigenvalue weighted by Gasteiger charge is -2.12. The number of anilines is 2. The number of hydrogen-bond donors (Lipinski definition) is 1. The predicted molar refractivity (Wildman–Crippen MR) is 81.1 cm³/mol. The summed E-state index contributed by atoms with van der Waals surface area (Å²) in [5, 5.41) is 13.3. The Kier molecular flexibility index (Phi) is 3.61. The van der Waals surface area contributed by atoms with Crippen LogP contribution < -0.4 is 5.32 Å². The molecule has 0 radical (unpaired) electrons. The number of nitrogens with one attached hydrogen (secondary N) is 1. The summed E-state index contributed by atoms with van der Waals surface area (Å²) in [5.41, 5.74) is 1.68. The maximum absolute atomic E-state index is 13.3. The number of benzene rings is 2. The average molecular weight is 316 g/mol. The van der Waals surface area contributed by atoms with Gasteiger partial charge in [-0.25, -0.2) is 8.78 Å². The van der Waals surface area contributed by atoms with Crippen molar-refractivity contribution in [2.75, 3.05) is 5.32 Å². The summed E-state index contributed by atoms with van der Waals surface area (Å²) in [4.78, 5) is 4.17. The first kappa shape index (κ1) is 14.2. The van der Waals surface area contributed by atoms with Crippen LogP contribution in [0.15, 0.2) is 42.6 Å². The Morgan fingerprint density at radius 1 is 1.09 bits per heavy atom. The van der Waals surface area contributed by atoms with Crippen LogP contribution in [0.5, 0.6) is 0 Å². The van der Waals surface area contributed by atoms with Crippen LogP contribution >= 0.6 is 11.6 Å². The first-order chi connectivity index (χ1) is 10.6. The highest BCUT2D eigenvalue weighted by Gasteiger charge is 2.11. The SMILES string of the molecule is N#Cc1cnc2ccc(Cl)cc2c1Nc1ccc(F)c(F)c1. The molecule has 0 unspecified atom stereocenters. The predicted octanol–water partition coefficient (Wildman–Crippen LogP) is 4.78. The topological polar surface area (TPSA) is 48.7 Å². The van der Waals surface area contributed by atoms with E-state index in [1.165, 1.54) is 12.3 Å². The summed E-state index contributed by atoms with van der Waals surface area (Å²) in [6, 6.07) is 10.5. The summed E-state index contributed by atoms with van der Waals surface area (Å²) < 4.78 is 26.3. The third-order valence-corrected chi connectivity index (χ3v) is 3.37. The molecule has 3 aromatic rings. The van der Waals surface area contributed by atoms with Gasteiger partial charge in [0.05, 0.1) is 16.8 Å². The van der Waals surface area contributed by atoms with Crippen LogP contribution in [0.4, 0.5) is 20.2 Å². The highest BCUT2D eigenvalue weighted by Crippen LogP contribution is 2.31. The number of nitrogens with zero attached hydrogens (tertiary/aromatic N) is 2. The second kappa shape index (κ2) is 5.58. The lowest BCUT2D eigenvalue weighted by Crippen LogP contribution is -1.98. The van der Waals surface area contributed by atoms with E-state index in [0.29, 0.717) is 27.3 Å². The van der Waals surface area contributed by atoms with Gasteiger partial charge in [0.15, 0.2) is 11.6 Å². The summed E-state index contributed by atoms with van der Waals surface area (Å²) >= 11 is 5.99. The van der Waals surface area contributed by atoms with E-state index >= 15 is 0 Å². The van der Waals surface area contributed by atoms with Crippen LogP contribution in [-0.4, -0.2) is 4.98 Å². The van der Waals surface area contributed by atoms with Crippen LogP contribution in [0.3, 0.4) is 0 Å². The lowest BCUT2D eigenvalue weighted by atomic mass is 10.1. The Morgan fingerprint density at radius 2 is 1.91 bits per heavy atom. The Labute approximate surface area is 129 Å². The van der Waals surface area contributed by atoms with E-state index in [-0.39, 0.29) is 5.56 Å². The molecule has 108 valence electrons. The normalized spacial score (nSPS) is 10.5. The van der Waals surface area contributed by atoms with Crippen LogP contribution in [0.25, 0.3) is 10.9 Å². The van der Waals surface area contributed by atoms with Gasteiger partial charge in [-0.1, -0.05) is 11.6 Å². The molecular formula is C16H8ClF2N3. The van der Waals surface area contributed by atoms with Crippen molar-refractivity contribution in [3.63, 3.8) is 0 Å². The van der Waals surface area contributed by atoms with Gasteiger partial charge in [0.1, 0.15) is 6.07 Å². The molecule has 1 aromatic heterocycles. The first-order valence-electron chi connectivity index (χ1n) is 6.29. The molecule has 0 spiro atoms. The van der Waals surface area contributed by atoms with Gasteiger partial charge in [0.25, 0.3) is 0 Å². The molecule has 0 aliphatic carbocycles. The molecule has 0 aliphatic heterocycles. The van der Waals surface area contributed by atoms with E-state index in [2.05, 4.69) is 10.3 Å². The van der Waals surface area contributed by atoms with Crippen molar-refractivity contribution < 1.29 is 8.78 Å². The van der Waals surface area contributed by atoms with E-state index in [1.54, 1.807) is 18.2 Å². The second-order valence-corrected chi connectivity index (χ2v) is 5.01. The maximum atomic E-state index is 13.3. The fourth-order valence-electron chi connectivity index (χ4n) is 2.10. The first-order valence-corrected chi connectivity index (χ1v) is 6.67. The van der Waals surface area contributed by atoms with Crippen molar-refractivity contribution in [3.05, 3.63) is 64.8 Å². The molecule has 0 bridgehead atoms. The number of hydrogen-bond acceptors (Lipinski definition) is 3. The van der Waals surface area contributed by atoms with Crippen molar-refractivity contribution in [1.29, 1.82) is 5.26 Å². The number of fused-ring (bicyclic) bond motifs is 1. The number of halogens is 3. The van der Waals surface area contributed by atoms with Gasteiger partial charge in [-0.05, 0) is 30.3 Å². The van der Waals surface area contributed by atoms with Gasteiger partial charge in [0.2, 0.25) is 0 Å². The monoisotopic (exact) mass is 315 g/mol. The molecule has 0 saturated heterocycles. The standard InChI is InChI=1S/C16H8ClF2N3/c17-10-1-4-15-12(5-10)16(9(7-20)8-21-15)22-11-2-3-13(18)14(19)6-11/h1-6,8H,(H,21,22). The summed E-state index contributed by atoms with van der Waals surface area (Å²) in [6.07, 6.45) is 1.42. The second-order valence-electron chi connectivity index (χ2n) is 4.57. The fourth-order valence-corrected chi connectivity index (χ4v) is 2.27. The molecule has 1 N–H and O–H groups in total. The smallest absolute Gasteiger partial charge is 0.160 e. The Morgan fingerprint density at radius 3 is 2.64 bits per heavy atom. The Hall–Kier alpha value is -2.71. The molecule has 2 aromatic carbocycles. The lowest BCUT2D eigenvalue weighted by molar-refractivity contribution is 0.509. The van der Waals surface area contributed by atoms with Crippen molar-refractivity contribution in [2.45, 2.75) is 0 Å². The minimum absolute atomic E-state index is 0.277. The van der Waals surface area contributed by atoms with Gasteiger partial charge in [-0.2, -0.15) is 5.26 Å². The van der Waals surface area contributed by atoms with Crippen LogP contribution in [0, 0.1) is 23.0 Å². The molecule has 6 heteroatoms. The third kappa shape index (κ3) is 2.57. The average Bonchev–Trinajstić information content (AvgIpc) is 2.51. The third-order valence-electron chi connectivity index (χ3n) is 3.14. The highest BCUT2D eigenvalue weighted by atomic mass is 35.5. The van der Waals surface area contributed by atoms with Gasteiger partial charge in [-0.15, -0.1) is 0 Å². The van der Waals surface area contributed by atoms with E-state index in [0.717, 1.165) is 12.1 Å². The summed E-state index contributed by atoms with van der Waals surface area (Å²) in [7, 11) is 0. The van der Waals surface area contributed by atoms with Crippen molar-refractivity contribution in [2.24, 2.45) is 0 Å². The molecule has 0 aliphatic rings. The van der Waals surface area contributed by atoms with Gasteiger partial charge in [-0.3, -0.25) is 4.98 Å². The molecule has 0 saturated carbocycles. The maximum Gasteiger partial charge on any atom is 0.160 e. The van der Waals surface area contributed by atoms with E-state index in [4.69, 9.17) is 11.6 Å². The van der Waals surface area contributed by atoms with Crippen LogP contribution in [0.2, 0.25) is 5.02 Å². The molecule has 1 heterocycles. The molecular weight excluding hydrogens is 308 g/mol. The highest BCUT2D eigenvalue weighted by molar-refractivity contribution is 6.31. The minimum Gasteiger partial charge on any atom is -0.354 e. The largest absolute Gasteiger partial charge is 0.354 e. The van der Waals surface area contributed by atoms with E-state index in [9.17, 15) is 14.0 Å². The molecule has 0 amide bonds. The van der Waals surface area contributed by atoms with Crippen LogP contribution in [0.1, 0.15) is 5.56 Å². The molecule has 3 nitrogen and oxygen atoms in total. The number of aromatic nitrogens is 1. The number of nitriles is 1. The van der Waals surface area contributed by atoms with Crippen molar-refractivity contribution >= 4 is 33.9 Å². The summed E-state index contributed by atoms with van der Waals surface area (Å²) in [5.74, 6) is -1.91. The van der Waals surface area contributed by atoms with Crippen molar-refractivity contribution in [1.82, 2.24) is 4.98 Å². The van der Waals surface area contributed by atoms with Gasteiger partial charge < -0.3 is 5.32 Å².